The third-order valence-electron chi connectivity index (χ3n) is 1.70. The van der Waals surface area contributed by atoms with Crippen LogP contribution in [0, 0.1) is 0 Å². The molecule has 0 amide bonds. The molecule has 0 aliphatic heterocycles. The minimum absolute atomic E-state index is 0.438. The van der Waals surface area contributed by atoms with Gasteiger partial charge in [0, 0.05) is 0 Å². The fourth-order valence-corrected chi connectivity index (χ4v) is 2.11. The van der Waals surface area contributed by atoms with Gasteiger partial charge < -0.3 is 4.74 Å². The molecule has 0 radical (unpaired) electrons. The molecule has 0 saturated heterocycles. The molecule has 0 spiro atoms. The molecule has 0 aliphatic carbocycles. The molecule has 0 fully saturated rings. The molecule has 1 heterocycles. The van der Waals surface area contributed by atoms with E-state index in [9.17, 15) is 17.2 Å². The monoisotopic (exact) mass is 272 g/mol. The van der Waals surface area contributed by atoms with Gasteiger partial charge in [-0.1, -0.05) is 11.6 Å². The van der Waals surface area contributed by atoms with Crippen molar-refractivity contribution in [3.63, 3.8) is 0 Å². The zero-order chi connectivity index (χ0) is 12.5. The van der Waals surface area contributed by atoms with Gasteiger partial charge in [-0.15, -0.1) is 0 Å². The van der Waals surface area contributed by atoms with Crippen LogP contribution in [-0.4, -0.2) is 20.5 Å². The zero-order valence-electron chi connectivity index (χ0n) is 7.95. The van der Waals surface area contributed by atoms with Gasteiger partial charge in [-0.05, 0) is 0 Å². The maximum atomic E-state index is 12.6. The molecule has 0 aliphatic rings. The van der Waals surface area contributed by atoms with Crippen LogP contribution in [0.25, 0.3) is 0 Å². The zero-order valence-corrected chi connectivity index (χ0v) is 9.52. The van der Waals surface area contributed by atoms with Gasteiger partial charge in [0.2, 0.25) is 15.9 Å². The second-order valence-corrected chi connectivity index (χ2v) is 4.61. The lowest BCUT2D eigenvalue weighted by Crippen LogP contribution is -2.14. The number of ether oxygens (including phenoxy) is 1. The van der Waals surface area contributed by atoms with Crippen molar-refractivity contribution in [2.75, 3.05) is 7.11 Å². The Kier molecular flexibility index (Phi) is 3.66. The van der Waals surface area contributed by atoms with Gasteiger partial charge in [0.1, 0.15) is 4.90 Å². The molecule has 1 aromatic heterocycles. The van der Waals surface area contributed by atoms with Crippen LogP contribution in [0.3, 0.4) is 0 Å². The second-order valence-electron chi connectivity index (χ2n) is 2.71. The second kappa shape index (κ2) is 4.48. The summed E-state index contributed by atoms with van der Waals surface area (Å²) in [4.78, 5) is 2.74. The van der Waals surface area contributed by atoms with Crippen molar-refractivity contribution in [2.45, 2.75) is 11.3 Å². The van der Waals surface area contributed by atoms with Crippen molar-refractivity contribution < 1.29 is 21.9 Å². The number of nitrogens with zero attached hydrogens (tertiary/aromatic N) is 1. The fourth-order valence-electron chi connectivity index (χ4n) is 1.02. The molecule has 0 unspecified atom stereocenters. The lowest BCUT2D eigenvalue weighted by atomic mass is 10.3. The van der Waals surface area contributed by atoms with E-state index in [0.717, 1.165) is 13.3 Å². The topological polar surface area (TPSA) is 82.3 Å². The number of alkyl halides is 2. The van der Waals surface area contributed by atoms with Gasteiger partial charge in [0.05, 0.1) is 23.9 Å². The van der Waals surface area contributed by atoms with Gasteiger partial charge in [-0.2, -0.15) is 0 Å². The molecule has 0 aromatic carbocycles. The van der Waals surface area contributed by atoms with E-state index in [-0.39, 0.29) is 0 Å². The molecule has 1 rings (SSSR count). The maximum Gasteiger partial charge on any atom is 0.270 e. The average Bonchev–Trinajstić information content (AvgIpc) is 2.14. The average molecular weight is 273 g/mol. The number of hydrogen-bond acceptors (Lipinski definition) is 4. The molecule has 2 N–H and O–H groups in total. The predicted octanol–water partition coefficient (Wildman–Crippen LogP) is 1.33. The van der Waals surface area contributed by atoms with Crippen LogP contribution in [-0.2, 0) is 10.0 Å². The molecule has 0 atom stereocenters. The van der Waals surface area contributed by atoms with Crippen LogP contribution in [0.1, 0.15) is 12.0 Å². The Morgan fingerprint density at radius 3 is 2.50 bits per heavy atom. The Labute approximate surface area is 95.2 Å². The Balaban J connectivity index is 3.57. The summed E-state index contributed by atoms with van der Waals surface area (Å²) < 4.78 is 51.7. The number of rotatable bonds is 3. The highest BCUT2D eigenvalue weighted by Gasteiger charge is 2.26. The molecule has 1 aromatic rings. The predicted molar refractivity (Wildman–Crippen MR) is 52.1 cm³/mol. The van der Waals surface area contributed by atoms with Crippen molar-refractivity contribution in [1.29, 1.82) is 0 Å². The number of aromatic nitrogens is 1. The quantitative estimate of drug-likeness (QED) is 0.900. The normalized spacial score (nSPS) is 11.9. The van der Waals surface area contributed by atoms with Gasteiger partial charge in [-0.25, -0.2) is 27.3 Å². The van der Waals surface area contributed by atoms with Crippen molar-refractivity contribution in [3.05, 3.63) is 16.8 Å². The first-order valence-electron chi connectivity index (χ1n) is 3.82. The summed E-state index contributed by atoms with van der Waals surface area (Å²) in [6.07, 6.45) is -2.25. The van der Waals surface area contributed by atoms with Gasteiger partial charge in [0.15, 0.2) is 0 Å². The molecule has 9 heteroatoms. The summed E-state index contributed by atoms with van der Waals surface area (Å²) >= 11 is 5.51. The van der Waals surface area contributed by atoms with E-state index >= 15 is 0 Å². The molecular formula is C7H7ClF2N2O3S. The van der Waals surface area contributed by atoms with Crippen molar-refractivity contribution in [2.24, 2.45) is 5.14 Å². The van der Waals surface area contributed by atoms with Gasteiger partial charge >= 0.3 is 0 Å². The van der Waals surface area contributed by atoms with Gasteiger partial charge in [0.25, 0.3) is 6.43 Å². The Bertz CT molecular complexity index is 507. The van der Waals surface area contributed by atoms with E-state index in [1.54, 1.807) is 0 Å². The third-order valence-corrected chi connectivity index (χ3v) is 3.14. The maximum absolute atomic E-state index is 12.6. The molecule has 16 heavy (non-hydrogen) atoms. The van der Waals surface area contributed by atoms with Crippen LogP contribution in [0.4, 0.5) is 8.78 Å². The number of nitrogens with two attached hydrogens (primary N) is 1. The summed E-state index contributed by atoms with van der Waals surface area (Å²) in [5.41, 5.74) is -0.796. The number of hydrogen-bond donors (Lipinski definition) is 1. The summed E-state index contributed by atoms with van der Waals surface area (Å²) in [5, 5.41) is 4.10. The first-order valence-corrected chi connectivity index (χ1v) is 5.74. The largest absolute Gasteiger partial charge is 0.481 e. The Morgan fingerprint density at radius 1 is 1.56 bits per heavy atom. The fraction of sp³-hybridized carbons (Fsp3) is 0.286. The molecular weight excluding hydrogens is 266 g/mol. The summed E-state index contributed by atoms with van der Waals surface area (Å²) in [7, 11) is -3.09. The van der Waals surface area contributed by atoms with Gasteiger partial charge in [-0.3, -0.25) is 0 Å². The minimum Gasteiger partial charge on any atom is -0.481 e. The highest BCUT2D eigenvalue weighted by molar-refractivity contribution is 7.89. The van der Waals surface area contributed by atoms with Crippen LogP contribution in [0.5, 0.6) is 5.88 Å². The van der Waals surface area contributed by atoms with E-state index in [1.165, 1.54) is 0 Å². The van der Waals surface area contributed by atoms with E-state index in [4.69, 9.17) is 16.7 Å². The smallest absolute Gasteiger partial charge is 0.270 e. The highest BCUT2D eigenvalue weighted by Crippen LogP contribution is 2.36. The molecule has 0 bridgehead atoms. The number of primary sulfonamides is 1. The Hall–Kier alpha value is -0.990. The van der Waals surface area contributed by atoms with Crippen molar-refractivity contribution >= 4 is 21.6 Å². The SMILES string of the molecule is COc1ncc(S(N)(=O)=O)c(Cl)c1C(F)F. The molecule has 0 saturated carbocycles. The van der Waals surface area contributed by atoms with Crippen molar-refractivity contribution in [1.82, 2.24) is 4.98 Å². The summed E-state index contributed by atoms with van der Waals surface area (Å²) in [5.74, 6) is -0.438. The van der Waals surface area contributed by atoms with E-state index in [1.807, 2.05) is 0 Å². The van der Waals surface area contributed by atoms with Crippen LogP contribution in [0.2, 0.25) is 5.02 Å². The third kappa shape index (κ3) is 2.39. The van der Waals surface area contributed by atoms with Crippen LogP contribution >= 0.6 is 11.6 Å². The van der Waals surface area contributed by atoms with Crippen LogP contribution < -0.4 is 9.88 Å². The number of pyridine rings is 1. The first kappa shape index (κ1) is 13.1. The number of sulfonamides is 1. The van der Waals surface area contributed by atoms with Crippen LogP contribution in [0.15, 0.2) is 11.1 Å². The lowest BCUT2D eigenvalue weighted by molar-refractivity contribution is 0.146. The molecule has 90 valence electrons. The number of methoxy groups -OCH3 is 1. The first-order chi connectivity index (χ1) is 7.29. The van der Waals surface area contributed by atoms with E-state index in [0.29, 0.717) is 0 Å². The lowest BCUT2D eigenvalue weighted by Gasteiger charge is -2.10. The van der Waals surface area contributed by atoms with E-state index < -0.39 is 37.8 Å². The van der Waals surface area contributed by atoms with Crippen molar-refractivity contribution in [3.8, 4) is 5.88 Å². The standard InChI is InChI=1S/C7H7ClF2N2O3S/c1-15-7-4(6(9)10)5(8)3(2-12-7)16(11,13)14/h2,6H,1H3,(H2,11,13,14). The van der Waals surface area contributed by atoms with E-state index in [2.05, 4.69) is 9.72 Å². The summed E-state index contributed by atoms with van der Waals surface area (Å²) in [6, 6.07) is 0. The minimum atomic E-state index is -4.20. The summed E-state index contributed by atoms with van der Waals surface area (Å²) in [6.45, 7) is 0. The number of halogens is 3. The highest BCUT2D eigenvalue weighted by atomic mass is 35.5. The molecule has 5 nitrogen and oxygen atoms in total. The Morgan fingerprint density at radius 2 is 2.12 bits per heavy atom.